The number of alkyl halides is 1. The van der Waals surface area contributed by atoms with Gasteiger partial charge < -0.3 is 4.74 Å². The molecule has 1 fully saturated rings. The molecular weight excluding hydrogens is 298 g/mol. The second-order valence-electron chi connectivity index (χ2n) is 4.89. The highest BCUT2D eigenvalue weighted by Gasteiger charge is 2.28. The normalized spacial score (nSPS) is 18.1. The van der Waals surface area contributed by atoms with Crippen LogP contribution in [0.3, 0.4) is 0 Å². The summed E-state index contributed by atoms with van der Waals surface area (Å²) in [6, 6.07) is 9.65. The van der Waals surface area contributed by atoms with Gasteiger partial charge in [0.05, 0.1) is 5.75 Å². The van der Waals surface area contributed by atoms with E-state index < -0.39 is 10.0 Å². The molecule has 2 rings (SSSR count). The summed E-state index contributed by atoms with van der Waals surface area (Å²) in [5.74, 6) is 1.36. The van der Waals surface area contributed by atoms with E-state index in [2.05, 4.69) is 0 Å². The van der Waals surface area contributed by atoms with E-state index in [-0.39, 0.29) is 11.9 Å². The van der Waals surface area contributed by atoms with E-state index in [4.69, 9.17) is 16.3 Å². The van der Waals surface area contributed by atoms with Crippen LogP contribution in [0.4, 0.5) is 0 Å². The first-order valence-electron chi connectivity index (χ1n) is 6.87. The molecule has 4 nitrogen and oxygen atoms in total. The molecular formula is C14H20ClNO3S. The van der Waals surface area contributed by atoms with E-state index in [1.165, 1.54) is 0 Å². The van der Waals surface area contributed by atoms with Crippen molar-refractivity contribution in [2.45, 2.75) is 25.4 Å². The Balaban J connectivity index is 1.83. The quantitative estimate of drug-likeness (QED) is 0.757. The lowest BCUT2D eigenvalue weighted by Crippen LogP contribution is -2.42. The van der Waals surface area contributed by atoms with E-state index >= 15 is 0 Å². The molecule has 0 atom stereocenters. The zero-order chi connectivity index (χ0) is 14.4. The summed E-state index contributed by atoms with van der Waals surface area (Å²) in [7, 11) is -3.15. The van der Waals surface area contributed by atoms with Crippen molar-refractivity contribution in [3.05, 3.63) is 30.3 Å². The number of sulfonamides is 1. The first-order chi connectivity index (χ1) is 9.62. The van der Waals surface area contributed by atoms with E-state index in [1.807, 2.05) is 30.3 Å². The van der Waals surface area contributed by atoms with Crippen LogP contribution in [0.2, 0.25) is 0 Å². The largest absolute Gasteiger partial charge is 0.490 e. The Labute approximate surface area is 125 Å². The second-order valence-corrected chi connectivity index (χ2v) is 7.35. The van der Waals surface area contributed by atoms with Crippen molar-refractivity contribution in [2.75, 3.05) is 24.7 Å². The van der Waals surface area contributed by atoms with Crippen molar-refractivity contribution in [3.63, 3.8) is 0 Å². The first kappa shape index (κ1) is 15.6. The van der Waals surface area contributed by atoms with Gasteiger partial charge in [-0.1, -0.05) is 18.2 Å². The van der Waals surface area contributed by atoms with E-state index in [0.29, 0.717) is 25.4 Å². The van der Waals surface area contributed by atoms with Crippen molar-refractivity contribution >= 4 is 21.6 Å². The highest BCUT2D eigenvalue weighted by atomic mass is 35.5. The number of hydrogen-bond donors (Lipinski definition) is 0. The molecule has 0 radical (unpaired) electrons. The molecule has 0 aliphatic carbocycles. The number of benzene rings is 1. The van der Waals surface area contributed by atoms with Crippen LogP contribution in [0.25, 0.3) is 0 Å². The van der Waals surface area contributed by atoms with Gasteiger partial charge >= 0.3 is 0 Å². The lowest BCUT2D eigenvalue weighted by molar-refractivity contribution is 0.135. The smallest absolute Gasteiger partial charge is 0.214 e. The predicted molar refractivity (Wildman–Crippen MR) is 80.8 cm³/mol. The van der Waals surface area contributed by atoms with Gasteiger partial charge in [0, 0.05) is 19.0 Å². The van der Waals surface area contributed by atoms with Gasteiger partial charge in [-0.05, 0) is 31.4 Å². The van der Waals surface area contributed by atoms with Gasteiger partial charge in [-0.2, -0.15) is 0 Å². The number of rotatable bonds is 6. The maximum Gasteiger partial charge on any atom is 0.214 e. The lowest BCUT2D eigenvalue weighted by atomic mass is 10.1. The van der Waals surface area contributed by atoms with Crippen molar-refractivity contribution in [2.24, 2.45) is 0 Å². The minimum Gasteiger partial charge on any atom is -0.490 e. The van der Waals surface area contributed by atoms with Crippen molar-refractivity contribution in [3.8, 4) is 5.75 Å². The van der Waals surface area contributed by atoms with Crippen LogP contribution in [-0.2, 0) is 10.0 Å². The molecule has 1 aromatic carbocycles. The molecule has 1 saturated heterocycles. The summed E-state index contributed by atoms with van der Waals surface area (Å²) in [5, 5.41) is 0. The predicted octanol–water partition coefficient (Wildman–Crippen LogP) is 2.49. The Hall–Kier alpha value is -0.780. The number of nitrogens with zero attached hydrogens (tertiary/aromatic N) is 1. The van der Waals surface area contributed by atoms with Crippen molar-refractivity contribution in [1.29, 1.82) is 0 Å². The van der Waals surface area contributed by atoms with Crippen LogP contribution in [0.5, 0.6) is 5.75 Å². The molecule has 6 heteroatoms. The van der Waals surface area contributed by atoms with Crippen molar-refractivity contribution < 1.29 is 13.2 Å². The summed E-state index contributed by atoms with van der Waals surface area (Å²) >= 11 is 5.56. The average Bonchev–Trinajstić information content (AvgIpc) is 2.47. The van der Waals surface area contributed by atoms with Gasteiger partial charge in [0.15, 0.2) is 0 Å². The highest BCUT2D eigenvalue weighted by Crippen LogP contribution is 2.20. The molecule has 0 bridgehead atoms. The third kappa shape index (κ3) is 4.36. The fourth-order valence-corrected chi connectivity index (χ4v) is 4.11. The molecule has 0 saturated carbocycles. The van der Waals surface area contributed by atoms with Crippen LogP contribution >= 0.6 is 11.6 Å². The number of hydrogen-bond acceptors (Lipinski definition) is 3. The molecule has 1 heterocycles. The Morgan fingerprint density at radius 2 is 1.85 bits per heavy atom. The molecule has 112 valence electrons. The van der Waals surface area contributed by atoms with Crippen LogP contribution in [-0.4, -0.2) is 43.5 Å². The summed E-state index contributed by atoms with van der Waals surface area (Å²) in [6.45, 7) is 1.06. The molecule has 20 heavy (non-hydrogen) atoms. The van der Waals surface area contributed by atoms with Gasteiger partial charge in [-0.25, -0.2) is 12.7 Å². The molecule has 0 spiro atoms. The summed E-state index contributed by atoms with van der Waals surface area (Å²) in [6.07, 6.45) is 2.06. The fourth-order valence-electron chi connectivity index (χ4n) is 2.29. The fraction of sp³-hybridized carbons (Fsp3) is 0.571. The number of para-hydroxylation sites is 1. The van der Waals surface area contributed by atoms with Gasteiger partial charge in [0.25, 0.3) is 0 Å². The van der Waals surface area contributed by atoms with Gasteiger partial charge in [0.1, 0.15) is 11.9 Å². The Morgan fingerprint density at radius 1 is 1.20 bits per heavy atom. The van der Waals surface area contributed by atoms with Crippen molar-refractivity contribution in [1.82, 2.24) is 4.31 Å². The maximum atomic E-state index is 12.0. The third-order valence-corrected chi connectivity index (χ3v) is 5.60. The summed E-state index contributed by atoms with van der Waals surface area (Å²) in [4.78, 5) is 0. The summed E-state index contributed by atoms with van der Waals surface area (Å²) < 4.78 is 31.5. The monoisotopic (exact) mass is 317 g/mol. The Morgan fingerprint density at radius 3 is 2.45 bits per heavy atom. The van der Waals surface area contributed by atoms with Crippen LogP contribution in [0.1, 0.15) is 19.3 Å². The Kier molecular flexibility index (Phi) is 5.69. The molecule has 0 amide bonds. The van der Waals surface area contributed by atoms with E-state index in [1.54, 1.807) is 4.31 Å². The van der Waals surface area contributed by atoms with Gasteiger partial charge in [-0.15, -0.1) is 11.6 Å². The number of ether oxygens (including phenoxy) is 1. The SMILES string of the molecule is O=S(=O)(CCCCl)N1CCC(Oc2ccccc2)CC1. The van der Waals surface area contributed by atoms with E-state index in [9.17, 15) is 8.42 Å². The first-order valence-corrected chi connectivity index (χ1v) is 9.01. The average molecular weight is 318 g/mol. The topological polar surface area (TPSA) is 46.6 Å². The molecule has 1 aliphatic heterocycles. The molecule has 0 unspecified atom stereocenters. The standard InChI is InChI=1S/C14H20ClNO3S/c15-9-4-12-20(17,18)16-10-7-14(8-11-16)19-13-5-2-1-3-6-13/h1-3,5-6,14H,4,7-12H2. The van der Waals surface area contributed by atoms with Crippen LogP contribution < -0.4 is 4.74 Å². The minimum atomic E-state index is -3.15. The van der Waals surface area contributed by atoms with Gasteiger partial charge in [-0.3, -0.25) is 0 Å². The van der Waals surface area contributed by atoms with E-state index in [0.717, 1.165) is 18.6 Å². The highest BCUT2D eigenvalue weighted by molar-refractivity contribution is 7.89. The molecule has 0 aromatic heterocycles. The Bertz CT molecular complexity index is 498. The van der Waals surface area contributed by atoms with Crippen LogP contribution in [0, 0.1) is 0 Å². The molecule has 0 N–H and O–H groups in total. The van der Waals surface area contributed by atoms with Gasteiger partial charge in [0.2, 0.25) is 10.0 Å². The minimum absolute atomic E-state index is 0.0943. The maximum absolute atomic E-state index is 12.0. The third-order valence-electron chi connectivity index (χ3n) is 3.38. The number of halogens is 1. The van der Waals surface area contributed by atoms with Crippen LogP contribution in [0.15, 0.2) is 30.3 Å². The zero-order valence-corrected chi connectivity index (χ0v) is 12.9. The lowest BCUT2D eigenvalue weighted by Gasteiger charge is -2.31. The molecule has 1 aliphatic rings. The molecule has 1 aromatic rings. The second kappa shape index (κ2) is 7.29. The zero-order valence-electron chi connectivity index (χ0n) is 11.4. The summed E-state index contributed by atoms with van der Waals surface area (Å²) in [5.41, 5.74) is 0. The number of piperidine rings is 1.